The van der Waals surface area contributed by atoms with Gasteiger partial charge in [-0.3, -0.25) is 9.59 Å². The van der Waals surface area contributed by atoms with Gasteiger partial charge < -0.3 is 24.2 Å². The van der Waals surface area contributed by atoms with Crippen molar-refractivity contribution >= 4 is 18.0 Å². The molecule has 1 rings (SSSR count). The number of esters is 1. The summed E-state index contributed by atoms with van der Waals surface area (Å²) in [5.41, 5.74) is 0.688. The highest BCUT2D eigenvalue weighted by Crippen LogP contribution is 2.25. The second-order valence-corrected chi connectivity index (χ2v) is 5.77. The van der Waals surface area contributed by atoms with Crippen molar-refractivity contribution in [2.45, 2.75) is 32.7 Å². The van der Waals surface area contributed by atoms with Crippen LogP contribution in [0.25, 0.3) is 6.08 Å². The second kappa shape index (κ2) is 12.0. The Morgan fingerprint density at radius 1 is 1.22 bits per heavy atom. The lowest BCUT2D eigenvalue weighted by molar-refractivity contribution is -0.144. The molecule has 7 heteroatoms. The standard InChI is InChI=1S/C20H29NO6/c1-5-16(14-22)21(12-11-20(24)27-6-2)19(23)10-7-15-13-17(25-3)8-9-18(15)26-4/h7-10,13,16,22H,5-6,11-12,14H2,1-4H3/b10-7+. The Kier molecular flexibility index (Phi) is 9.96. The molecule has 1 unspecified atom stereocenters. The zero-order valence-corrected chi connectivity index (χ0v) is 16.4. The molecule has 1 amide bonds. The van der Waals surface area contributed by atoms with Crippen molar-refractivity contribution in [2.24, 2.45) is 0 Å². The van der Waals surface area contributed by atoms with Gasteiger partial charge in [0.05, 0.1) is 39.9 Å². The number of nitrogens with zero attached hydrogens (tertiary/aromatic N) is 1. The molecule has 0 bridgehead atoms. The number of aliphatic hydroxyl groups is 1. The van der Waals surface area contributed by atoms with Gasteiger partial charge in [-0.15, -0.1) is 0 Å². The van der Waals surface area contributed by atoms with E-state index < -0.39 is 0 Å². The Morgan fingerprint density at radius 3 is 2.52 bits per heavy atom. The molecule has 0 spiro atoms. The van der Waals surface area contributed by atoms with Crippen LogP contribution >= 0.6 is 0 Å². The van der Waals surface area contributed by atoms with Crippen molar-refractivity contribution in [1.82, 2.24) is 4.90 Å². The van der Waals surface area contributed by atoms with Crippen LogP contribution < -0.4 is 9.47 Å². The van der Waals surface area contributed by atoms with Crippen LogP contribution in [-0.2, 0) is 14.3 Å². The monoisotopic (exact) mass is 379 g/mol. The third-order valence-corrected chi connectivity index (χ3v) is 4.11. The van der Waals surface area contributed by atoms with E-state index in [0.717, 1.165) is 0 Å². The van der Waals surface area contributed by atoms with Crippen LogP contribution in [0.3, 0.4) is 0 Å². The van der Waals surface area contributed by atoms with Gasteiger partial charge in [0.15, 0.2) is 0 Å². The Labute approximate surface area is 160 Å². The highest BCUT2D eigenvalue weighted by atomic mass is 16.5. The van der Waals surface area contributed by atoms with E-state index in [2.05, 4.69) is 0 Å². The maximum absolute atomic E-state index is 12.7. The number of amides is 1. The fourth-order valence-corrected chi connectivity index (χ4v) is 2.59. The molecule has 1 aromatic carbocycles. The molecule has 0 saturated carbocycles. The average molecular weight is 379 g/mol. The Bertz CT molecular complexity index is 639. The summed E-state index contributed by atoms with van der Waals surface area (Å²) in [6.45, 7) is 3.89. The number of methoxy groups -OCH3 is 2. The van der Waals surface area contributed by atoms with Gasteiger partial charge in [0.2, 0.25) is 5.91 Å². The van der Waals surface area contributed by atoms with Crippen molar-refractivity contribution in [2.75, 3.05) is 34.0 Å². The molecule has 0 saturated heterocycles. The molecule has 0 aliphatic rings. The molecule has 150 valence electrons. The Morgan fingerprint density at radius 2 is 1.96 bits per heavy atom. The fraction of sp³-hybridized carbons (Fsp3) is 0.500. The van der Waals surface area contributed by atoms with Crippen molar-refractivity contribution < 1.29 is 28.9 Å². The molecule has 1 atom stereocenters. The van der Waals surface area contributed by atoms with Gasteiger partial charge in [0.25, 0.3) is 0 Å². The molecular formula is C20H29NO6. The predicted octanol–water partition coefficient (Wildman–Crippen LogP) is 2.27. The number of hydrogen-bond acceptors (Lipinski definition) is 6. The topological polar surface area (TPSA) is 85.3 Å². The first-order valence-corrected chi connectivity index (χ1v) is 8.97. The number of carbonyl (C=O) groups is 2. The van der Waals surface area contributed by atoms with Crippen LogP contribution in [0.4, 0.5) is 0 Å². The number of carbonyl (C=O) groups excluding carboxylic acids is 2. The van der Waals surface area contributed by atoms with Gasteiger partial charge in [-0.05, 0) is 37.6 Å². The van der Waals surface area contributed by atoms with Crippen LogP contribution in [0.5, 0.6) is 11.5 Å². The number of aliphatic hydroxyl groups excluding tert-OH is 1. The van der Waals surface area contributed by atoms with Gasteiger partial charge >= 0.3 is 5.97 Å². The summed E-state index contributed by atoms with van der Waals surface area (Å²) in [5, 5.41) is 9.58. The first kappa shape index (κ1) is 22.5. The maximum Gasteiger partial charge on any atom is 0.307 e. The number of ether oxygens (including phenoxy) is 3. The van der Waals surface area contributed by atoms with E-state index in [9.17, 15) is 14.7 Å². The van der Waals surface area contributed by atoms with Crippen LogP contribution in [0.2, 0.25) is 0 Å². The smallest absolute Gasteiger partial charge is 0.307 e. The summed E-state index contributed by atoms with van der Waals surface area (Å²) in [6.07, 6.45) is 3.68. The summed E-state index contributed by atoms with van der Waals surface area (Å²) in [5.74, 6) is 0.572. The van der Waals surface area contributed by atoms with Crippen molar-refractivity contribution in [3.63, 3.8) is 0 Å². The number of hydrogen-bond donors (Lipinski definition) is 1. The lowest BCUT2D eigenvalue weighted by Gasteiger charge is -2.28. The maximum atomic E-state index is 12.7. The van der Waals surface area contributed by atoms with E-state index in [4.69, 9.17) is 14.2 Å². The van der Waals surface area contributed by atoms with Gasteiger partial charge in [-0.1, -0.05) is 6.92 Å². The highest BCUT2D eigenvalue weighted by molar-refractivity contribution is 5.92. The third-order valence-electron chi connectivity index (χ3n) is 4.11. The van der Waals surface area contributed by atoms with E-state index in [1.807, 2.05) is 6.92 Å². The van der Waals surface area contributed by atoms with Crippen LogP contribution in [0, 0.1) is 0 Å². The van der Waals surface area contributed by atoms with Crippen LogP contribution in [0.1, 0.15) is 32.3 Å². The lowest BCUT2D eigenvalue weighted by atomic mass is 10.1. The molecule has 0 aliphatic carbocycles. The van der Waals surface area contributed by atoms with Crippen molar-refractivity contribution in [1.29, 1.82) is 0 Å². The summed E-state index contributed by atoms with van der Waals surface area (Å²) < 4.78 is 15.4. The molecule has 0 fully saturated rings. The summed E-state index contributed by atoms with van der Waals surface area (Å²) in [4.78, 5) is 25.8. The first-order chi connectivity index (χ1) is 13.0. The summed E-state index contributed by atoms with van der Waals surface area (Å²) >= 11 is 0. The normalized spacial score (nSPS) is 11.9. The van der Waals surface area contributed by atoms with Gasteiger partial charge in [0.1, 0.15) is 11.5 Å². The van der Waals surface area contributed by atoms with E-state index in [0.29, 0.717) is 30.1 Å². The molecule has 1 aromatic rings. The zero-order chi connectivity index (χ0) is 20.2. The lowest BCUT2D eigenvalue weighted by Crippen LogP contribution is -2.42. The first-order valence-electron chi connectivity index (χ1n) is 8.97. The molecular weight excluding hydrogens is 350 g/mol. The minimum absolute atomic E-state index is 0.0758. The van der Waals surface area contributed by atoms with Crippen molar-refractivity contribution in [3.05, 3.63) is 29.8 Å². The number of benzene rings is 1. The second-order valence-electron chi connectivity index (χ2n) is 5.77. The zero-order valence-electron chi connectivity index (χ0n) is 16.4. The minimum Gasteiger partial charge on any atom is -0.497 e. The predicted molar refractivity (Wildman–Crippen MR) is 103 cm³/mol. The highest BCUT2D eigenvalue weighted by Gasteiger charge is 2.21. The minimum atomic E-state index is -0.374. The molecule has 0 aromatic heterocycles. The van der Waals surface area contributed by atoms with E-state index in [1.54, 1.807) is 45.4 Å². The van der Waals surface area contributed by atoms with Gasteiger partial charge in [0, 0.05) is 18.2 Å². The van der Waals surface area contributed by atoms with Crippen molar-refractivity contribution in [3.8, 4) is 11.5 Å². The van der Waals surface area contributed by atoms with E-state index in [1.165, 1.54) is 11.0 Å². The Balaban J connectivity index is 2.97. The SMILES string of the molecule is CCOC(=O)CCN(C(=O)/C=C/c1cc(OC)ccc1OC)C(CC)CO. The van der Waals surface area contributed by atoms with Crippen LogP contribution in [-0.4, -0.2) is 61.9 Å². The fourth-order valence-electron chi connectivity index (χ4n) is 2.59. The average Bonchev–Trinajstić information content (AvgIpc) is 2.69. The van der Waals surface area contributed by atoms with Gasteiger partial charge in [-0.25, -0.2) is 0 Å². The molecule has 0 aliphatic heterocycles. The molecule has 1 N–H and O–H groups in total. The van der Waals surface area contributed by atoms with Crippen LogP contribution in [0.15, 0.2) is 24.3 Å². The quantitative estimate of drug-likeness (QED) is 0.469. The molecule has 27 heavy (non-hydrogen) atoms. The van der Waals surface area contributed by atoms with E-state index in [-0.39, 0.29) is 37.5 Å². The Hall–Kier alpha value is -2.54. The van der Waals surface area contributed by atoms with Gasteiger partial charge in [-0.2, -0.15) is 0 Å². The largest absolute Gasteiger partial charge is 0.497 e. The molecule has 7 nitrogen and oxygen atoms in total. The summed E-state index contributed by atoms with van der Waals surface area (Å²) in [7, 11) is 3.11. The number of rotatable bonds is 11. The molecule has 0 radical (unpaired) electrons. The molecule has 0 heterocycles. The van der Waals surface area contributed by atoms with E-state index >= 15 is 0 Å². The third kappa shape index (κ3) is 6.94. The summed E-state index contributed by atoms with van der Waals surface area (Å²) in [6, 6.07) is 4.91.